The van der Waals surface area contributed by atoms with E-state index in [2.05, 4.69) is 33.0 Å². The highest BCUT2D eigenvalue weighted by atomic mass is 16.2. The summed E-state index contributed by atoms with van der Waals surface area (Å²) in [6.45, 7) is 8.90. The van der Waals surface area contributed by atoms with Gasteiger partial charge in [0.15, 0.2) is 0 Å². The molecule has 0 aromatic heterocycles. The Balaban J connectivity index is 2.16. The Morgan fingerprint density at radius 2 is 1.75 bits per heavy atom. The van der Waals surface area contributed by atoms with Gasteiger partial charge in [0.05, 0.1) is 0 Å². The molecular formula is C17H29NO2. The predicted octanol–water partition coefficient (Wildman–Crippen LogP) is 3.53. The van der Waals surface area contributed by atoms with Crippen LogP contribution in [0.2, 0.25) is 0 Å². The number of hydrogen-bond donors (Lipinski definition) is 1. The second kappa shape index (κ2) is 5.87. The van der Waals surface area contributed by atoms with Crippen LogP contribution in [0, 0.1) is 29.1 Å². The maximum absolute atomic E-state index is 12.3. The lowest BCUT2D eigenvalue weighted by atomic mass is 9.58. The van der Waals surface area contributed by atoms with Crippen molar-refractivity contribution in [1.29, 1.82) is 0 Å². The Hall–Kier alpha value is -0.860. The molecular weight excluding hydrogens is 250 g/mol. The number of hydrogen-bond acceptors (Lipinski definition) is 2. The summed E-state index contributed by atoms with van der Waals surface area (Å²) >= 11 is 0. The van der Waals surface area contributed by atoms with E-state index in [9.17, 15) is 9.59 Å². The number of amides is 2. The quantitative estimate of drug-likeness (QED) is 0.803. The molecule has 1 atom stereocenters. The maximum Gasteiger partial charge on any atom is 0.230 e. The molecule has 2 amide bonds. The largest absolute Gasteiger partial charge is 0.296 e. The highest BCUT2D eigenvalue weighted by molar-refractivity contribution is 5.99. The van der Waals surface area contributed by atoms with Crippen molar-refractivity contribution in [3.63, 3.8) is 0 Å². The Bertz CT molecular complexity index is 378. The van der Waals surface area contributed by atoms with E-state index in [1.807, 2.05) is 0 Å². The molecule has 1 aliphatic heterocycles. The average Bonchev–Trinajstić information content (AvgIpc) is 2.34. The van der Waals surface area contributed by atoms with E-state index in [1.165, 1.54) is 12.8 Å². The molecule has 1 unspecified atom stereocenters. The van der Waals surface area contributed by atoms with Gasteiger partial charge in [-0.25, -0.2) is 0 Å². The minimum Gasteiger partial charge on any atom is -0.296 e. The summed E-state index contributed by atoms with van der Waals surface area (Å²) < 4.78 is 0. The first-order valence-electron chi connectivity index (χ1n) is 8.18. The van der Waals surface area contributed by atoms with E-state index in [0.717, 1.165) is 25.2 Å². The Labute approximate surface area is 122 Å². The first-order chi connectivity index (χ1) is 9.34. The van der Waals surface area contributed by atoms with Gasteiger partial charge in [-0.15, -0.1) is 0 Å². The van der Waals surface area contributed by atoms with Crippen LogP contribution in [0.15, 0.2) is 0 Å². The van der Waals surface area contributed by atoms with E-state index < -0.39 is 0 Å². The van der Waals surface area contributed by atoms with Crippen LogP contribution < -0.4 is 5.32 Å². The van der Waals surface area contributed by atoms with Gasteiger partial charge in [-0.2, -0.15) is 0 Å². The fourth-order valence-electron chi connectivity index (χ4n) is 4.23. The summed E-state index contributed by atoms with van der Waals surface area (Å²) in [6, 6.07) is 0. The van der Waals surface area contributed by atoms with Gasteiger partial charge >= 0.3 is 0 Å². The zero-order valence-corrected chi connectivity index (χ0v) is 13.4. The third-order valence-corrected chi connectivity index (χ3v) is 5.51. The van der Waals surface area contributed by atoms with Gasteiger partial charge in [0.25, 0.3) is 0 Å². The van der Waals surface area contributed by atoms with E-state index >= 15 is 0 Å². The van der Waals surface area contributed by atoms with Gasteiger partial charge in [0.1, 0.15) is 0 Å². The number of carbonyl (C=O) groups excluding carboxylic acids is 2. The van der Waals surface area contributed by atoms with Gasteiger partial charge in [0, 0.05) is 12.3 Å². The fraction of sp³-hybridized carbons (Fsp3) is 0.882. The topological polar surface area (TPSA) is 46.2 Å². The Kier molecular flexibility index (Phi) is 4.55. The average molecular weight is 279 g/mol. The van der Waals surface area contributed by atoms with Gasteiger partial charge in [-0.05, 0) is 55.3 Å². The van der Waals surface area contributed by atoms with Crippen molar-refractivity contribution in [2.45, 2.75) is 66.2 Å². The minimum absolute atomic E-state index is 0.0158. The summed E-state index contributed by atoms with van der Waals surface area (Å²) in [5.41, 5.74) is -0.0466. The monoisotopic (exact) mass is 279 g/mol. The molecule has 3 nitrogen and oxygen atoms in total. The first kappa shape index (κ1) is 15.5. The molecule has 1 N–H and O–H groups in total. The van der Waals surface area contributed by atoms with Crippen molar-refractivity contribution in [3.05, 3.63) is 0 Å². The van der Waals surface area contributed by atoms with Gasteiger partial charge in [-0.3, -0.25) is 14.9 Å². The molecule has 2 aliphatic rings. The van der Waals surface area contributed by atoms with E-state index in [4.69, 9.17) is 0 Å². The van der Waals surface area contributed by atoms with Crippen molar-refractivity contribution in [2.75, 3.05) is 0 Å². The maximum atomic E-state index is 12.3. The highest BCUT2D eigenvalue weighted by Crippen LogP contribution is 2.51. The number of carbonyl (C=O) groups is 2. The van der Waals surface area contributed by atoms with Crippen molar-refractivity contribution in [3.8, 4) is 0 Å². The minimum atomic E-state index is -0.0574. The molecule has 2 rings (SSSR count). The fourth-order valence-corrected chi connectivity index (χ4v) is 4.23. The zero-order valence-electron chi connectivity index (χ0n) is 13.4. The summed E-state index contributed by atoms with van der Waals surface area (Å²) in [4.78, 5) is 24.2. The van der Waals surface area contributed by atoms with Crippen molar-refractivity contribution in [2.24, 2.45) is 29.1 Å². The number of nitrogens with one attached hydrogen (secondary N) is 1. The zero-order chi connectivity index (χ0) is 14.9. The first-order valence-corrected chi connectivity index (χ1v) is 8.18. The lowest BCUT2D eigenvalue weighted by Crippen LogP contribution is -2.53. The standard InChI is InChI=1S/C17H29NO2/c1-11(2)9-14-16(20)18-15(19)10-17(14)7-5-13(6-8-17)12(3)4/h11-14H,5-10H2,1-4H3,(H,18,19,20). The van der Waals surface area contributed by atoms with Crippen LogP contribution in [-0.2, 0) is 9.59 Å². The van der Waals surface area contributed by atoms with Crippen LogP contribution >= 0.6 is 0 Å². The van der Waals surface area contributed by atoms with Crippen LogP contribution in [0.1, 0.15) is 66.2 Å². The van der Waals surface area contributed by atoms with Gasteiger partial charge in [-0.1, -0.05) is 27.7 Å². The lowest BCUT2D eigenvalue weighted by molar-refractivity contribution is -0.147. The molecule has 114 valence electrons. The summed E-state index contributed by atoms with van der Waals surface area (Å²) in [6.07, 6.45) is 5.91. The van der Waals surface area contributed by atoms with Crippen molar-refractivity contribution >= 4 is 11.8 Å². The van der Waals surface area contributed by atoms with E-state index in [0.29, 0.717) is 18.3 Å². The molecule has 0 radical (unpaired) electrons. The number of imide groups is 1. The number of rotatable bonds is 3. The van der Waals surface area contributed by atoms with Crippen LogP contribution in [0.4, 0.5) is 0 Å². The molecule has 2 fully saturated rings. The molecule has 0 bridgehead atoms. The smallest absolute Gasteiger partial charge is 0.230 e. The molecule has 1 saturated carbocycles. The van der Waals surface area contributed by atoms with Crippen LogP contribution in [-0.4, -0.2) is 11.8 Å². The Morgan fingerprint density at radius 1 is 1.15 bits per heavy atom. The molecule has 1 heterocycles. The van der Waals surface area contributed by atoms with E-state index in [1.54, 1.807) is 0 Å². The molecule has 1 saturated heterocycles. The third kappa shape index (κ3) is 3.07. The summed E-state index contributed by atoms with van der Waals surface area (Å²) in [5, 5.41) is 2.56. The second-order valence-electron chi connectivity index (χ2n) is 7.72. The van der Waals surface area contributed by atoms with Gasteiger partial charge < -0.3 is 0 Å². The molecule has 0 aromatic rings. The predicted molar refractivity (Wildman–Crippen MR) is 79.9 cm³/mol. The number of piperidine rings is 1. The van der Waals surface area contributed by atoms with Crippen LogP contribution in [0.5, 0.6) is 0 Å². The molecule has 1 spiro atoms. The van der Waals surface area contributed by atoms with Gasteiger partial charge in [0.2, 0.25) is 11.8 Å². The lowest BCUT2D eigenvalue weighted by Gasteiger charge is -2.48. The second-order valence-corrected chi connectivity index (χ2v) is 7.72. The van der Waals surface area contributed by atoms with Crippen LogP contribution in [0.3, 0.4) is 0 Å². The van der Waals surface area contributed by atoms with E-state index in [-0.39, 0.29) is 23.1 Å². The van der Waals surface area contributed by atoms with Crippen molar-refractivity contribution < 1.29 is 9.59 Å². The van der Waals surface area contributed by atoms with Crippen LogP contribution in [0.25, 0.3) is 0 Å². The molecule has 3 heteroatoms. The summed E-state index contributed by atoms with van der Waals surface area (Å²) in [7, 11) is 0. The highest BCUT2D eigenvalue weighted by Gasteiger charge is 2.49. The van der Waals surface area contributed by atoms with Crippen molar-refractivity contribution in [1.82, 2.24) is 5.32 Å². The SMILES string of the molecule is CC(C)CC1C(=O)NC(=O)CC12CCC(C(C)C)CC2. The molecule has 0 aromatic carbocycles. The molecule has 1 aliphatic carbocycles. The normalized spacial score (nSPS) is 34.9. The Morgan fingerprint density at radius 3 is 2.25 bits per heavy atom. The summed E-state index contributed by atoms with van der Waals surface area (Å²) in [5.74, 6) is 1.94. The third-order valence-electron chi connectivity index (χ3n) is 5.51. The molecule has 20 heavy (non-hydrogen) atoms.